The van der Waals surface area contributed by atoms with Gasteiger partial charge in [-0.05, 0) is 51.0 Å². The summed E-state index contributed by atoms with van der Waals surface area (Å²) >= 11 is 0. The Balaban J connectivity index is 1.74. The maximum Gasteiger partial charge on any atom is 0.140 e. The van der Waals surface area contributed by atoms with Gasteiger partial charge in [0.05, 0.1) is 30.2 Å². The van der Waals surface area contributed by atoms with E-state index in [1.807, 2.05) is 44.8 Å². The highest BCUT2D eigenvalue weighted by molar-refractivity contribution is 5.80. The van der Waals surface area contributed by atoms with Gasteiger partial charge in [-0.25, -0.2) is 9.97 Å². The molecular weight excluding hydrogens is 338 g/mol. The molecule has 1 aromatic carbocycles. The predicted octanol–water partition coefficient (Wildman–Crippen LogP) is 3.80. The Hall–Kier alpha value is -2.89. The summed E-state index contributed by atoms with van der Waals surface area (Å²) in [6.07, 6.45) is 3.76. The molecule has 6 heteroatoms. The van der Waals surface area contributed by atoms with Crippen LogP contribution in [0.2, 0.25) is 0 Å². The van der Waals surface area contributed by atoms with Crippen LogP contribution < -0.4 is 9.64 Å². The molecule has 0 radical (unpaired) electrons. The zero-order chi connectivity index (χ0) is 19.1. The van der Waals surface area contributed by atoms with Crippen LogP contribution in [-0.4, -0.2) is 25.9 Å². The maximum absolute atomic E-state index is 5.84. The van der Waals surface area contributed by atoms with E-state index in [0.717, 1.165) is 47.0 Å². The molecule has 0 atom stereocenters. The number of nitrogens with zero attached hydrogens (tertiary/aromatic N) is 5. The summed E-state index contributed by atoms with van der Waals surface area (Å²) in [5.41, 5.74) is 6.88. The lowest BCUT2D eigenvalue weighted by Crippen LogP contribution is -2.19. The summed E-state index contributed by atoms with van der Waals surface area (Å²) in [6, 6.07) is 6.24. The first-order valence-corrected chi connectivity index (χ1v) is 9.28. The quantitative estimate of drug-likeness (QED) is 0.706. The molecule has 0 fully saturated rings. The van der Waals surface area contributed by atoms with Crippen molar-refractivity contribution in [2.45, 2.75) is 46.9 Å². The lowest BCUT2D eigenvalue weighted by atomic mass is 9.99. The standard InChI is InChI=1S/C21H25N5O/c1-13(2)27-17-6-7-18(14(3)8-17)20-15(4)22-12-23-21(20)26-10-16-9-24-25(5)19(16)11-26/h6-9,12-13H,10-11H2,1-5H3. The number of hydrogen-bond donors (Lipinski definition) is 0. The molecule has 0 saturated carbocycles. The first-order valence-electron chi connectivity index (χ1n) is 9.28. The van der Waals surface area contributed by atoms with E-state index < -0.39 is 0 Å². The molecule has 0 amide bonds. The maximum atomic E-state index is 5.84. The van der Waals surface area contributed by atoms with E-state index in [9.17, 15) is 0 Å². The molecule has 1 aliphatic rings. The number of ether oxygens (including phenoxy) is 1. The predicted molar refractivity (Wildman–Crippen MR) is 106 cm³/mol. The summed E-state index contributed by atoms with van der Waals surface area (Å²) in [4.78, 5) is 11.4. The summed E-state index contributed by atoms with van der Waals surface area (Å²) < 4.78 is 7.79. The number of benzene rings is 1. The Bertz CT molecular complexity index is 992. The van der Waals surface area contributed by atoms with E-state index in [0.29, 0.717) is 0 Å². The van der Waals surface area contributed by atoms with Gasteiger partial charge in [-0.1, -0.05) is 6.07 Å². The third-order valence-electron chi connectivity index (χ3n) is 5.01. The number of aromatic nitrogens is 4. The van der Waals surface area contributed by atoms with Crippen LogP contribution in [0.15, 0.2) is 30.7 Å². The van der Waals surface area contributed by atoms with Crippen molar-refractivity contribution >= 4 is 5.82 Å². The number of aryl methyl sites for hydroxylation is 3. The Morgan fingerprint density at radius 1 is 1.11 bits per heavy atom. The minimum atomic E-state index is 0.157. The Morgan fingerprint density at radius 3 is 2.63 bits per heavy atom. The zero-order valence-corrected chi connectivity index (χ0v) is 16.5. The van der Waals surface area contributed by atoms with E-state index in [1.54, 1.807) is 6.33 Å². The molecule has 0 saturated heterocycles. The normalized spacial score (nSPS) is 13.3. The van der Waals surface area contributed by atoms with Crippen LogP contribution in [0.5, 0.6) is 5.75 Å². The largest absolute Gasteiger partial charge is 0.491 e. The van der Waals surface area contributed by atoms with Gasteiger partial charge in [-0.3, -0.25) is 4.68 Å². The van der Waals surface area contributed by atoms with Gasteiger partial charge in [0.15, 0.2) is 0 Å². The molecule has 0 bridgehead atoms. The Morgan fingerprint density at radius 2 is 1.93 bits per heavy atom. The van der Waals surface area contributed by atoms with Gasteiger partial charge in [0.25, 0.3) is 0 Å². The summed E-state index contributed by atoms with van der Waals surface area (Å²) in [6.45, 7) is 9.86. The van der Waals surface area contributed by atoms with Crippen molar-refractivity contribution in [1.29, 1.82) is 0 Å². The van der Waals surface area contributed by atoms with E-state index in [4.69, 9.17) is 4.74 Å². The van der Waals surface area contributed by atoms with Crippen molar-refractivity contribution in [3.8, 4) is 16.9 Å². The van der Waals surface area contributed by atoms with E-state index in [2.05, 4.69) is 39.0 Å². The number of fused-ring (bicyclic) bond motifs is 1. The molecule has 4 rings (SSSR count). The summed E-state index contributed by atoms with van der Waals surface area (Å²) in [5, 5.41) is 4.36. The van der Waals surface area contributed by atoms with Gasteiger partial charge >= 0.3 is 0 Å². The van der Waals surface area contributed by atoms with Gasteiger partial charge in [-0.15, -0.1) is 0 Å². The number of anilines is 1. The molecule has 1 aliphatic heterocycles. The fourth-order valence-corrected chi connectivity index (χ4v) is 3.71. The molecule has 0 unspecified atom stereocenters. The second-order valence-electron chi connectivity index (χ2n) is 7.40. The average molecular weight is 363 g/mol. The molecule has 0 N–H and O–H groups in total. The van der Waals surface area contributed by atoms with Crippen molar-refractivity contribution in [1.82, 2.24) is 19.7 Å². The highest BCUT2D eigenvalue weighted by Gasteiger charge is 2.27. The summed E-state index contributed by atoms with van der Waals surface area (Å²) in [7, 11) is 1.99. The van der Waals surface area contributed by atoms with Gasteiger partial charge < -0.3 is 9.64 Å². The first-order chi connectivity index (χ1) is 12.9. The van der Waals surface area contributed by atoms with Crippen molar-refractivity contribution in [3.63, 3.8) is 0 Å². The topological polar surface area (TPSA) is 56.1 Å². The van der Waals surface area contributed by atoms with E-state index in [1.165, 1.54) is 11.3 Å². The Kier molecular flexibility index (Phi) is 4.34. The van der Waals surface area contributed by atoms with Crippen LogP contribution in [-0.2, 0) is 20.1 Å². The molecule has 0 spiro atoms. The van der Waals surface area contributed by atoms with Crippen LogP contribution in [0, 0.1) is 13.8 Å². The lowest BCUT2D eigenvalue weighted by molar-refractivity contribution is 0.242. The molecule has 3 heterocycles. The van der Waals surface area contributed by atoms with Crippen molar-refractivity contribution in [3.05, 3.63) is 53.2 Å². The SMILES string of the molecule is Cc1cc(OC(C)C)ccc1-c1c(C)ncnc1N1Cc2cnn(C)c2C1. The van der Waals surface area contributed by atoms with Crippen LogP contribution in [0.4, 0.5) is 5.82 Å². The highest BCUT2D eigenvalue weighted by Crippen LogP contribution is 2.38. The van der Waals surface area contributed by atoms with Crippen molar-refractivity contribution < 1.29 is 4.74 Å². The van der Waals surface area contributed by atoms with Gasteiger partial charge in [0, 0.05) is 24.7 Å². The molecule has 27 heavy (non-hydrogen) atoms. The first kappa shape index (κ1) is 17.5. The fraction of sp³-hybridized carbons (Fsp3) is 0.381. The fourth-order valence-electron chi connectivity index (χ4n) is 3.71. The molecular formula is C21H25N5O. The van der Waals surface area contributed by atoms with Gasteiger partial charge in [0.2, 0.25) is 0 Å². The number of hydrogen-bond acceptors (Lipinski definition) is 5. The van der Waals surface area contributed by atoms with Gasteiger partial charge in [-0.2, -0.15) is 5.10 Å². The third-order valence-corrected chi connectivity index (χ3v) is 5.01. The van der Waals surface area contributed by atoms with Crippen molar-refractivity contribution in [2.75, 3.05) is 4.90 Å². The van der Waals surface area contributed by atoms with Crippen LogP contribution in [0.25, 0.3) is 11.1 Å². The molecule has 140 valence electrons. The second kappa shape index (κ2) is 6.68. The van der Waals surface area contributed by atoms with Gasteiger partial charge in [0.1, 0.15) is 17.9 Å². The van der Waals surface area contributed by atoms with Crippen LogP contribution in [0.1, 0.15) is 36.4 Å². The lowest BCUT2D eigenvalue weighted by Gasteiger charge is -2.22. The Labute approximate surface area is 159 Å². The minimum absolute atomic E-state index is 0.157. The molecule has 2 aromatic heterocycles. The average Bonchev–Trinajstić information content (AvgIpc) is 3.17. The molecule has 6 nitrogen and oxygen atoms in total. The molecule has 0 aliphatic carbocycles. The third kappa shape index (κ3) is 3.16. The second-order valence-corrected chi connectivity index (χ2v) is 7.40. The summed E-state index contributed by atoms with van der Waals surface area (Å²) in [5.74, 6) is 1.86. The van der Waals surface area contributed by atoms with Crippen LogP contribution >= 0.6 is 0 Å². The number of rotatable bonds is 4. The zero-order valence-electron chi connectivity index (χ0n) is 16.5. The van der Waals surface area contributed by atoms with Crippen molar-refractivity contribution in [2.24, 2.45) is 7.05 Å². The smallest absolute Gasteiger partial charge is 0.140 e. The van der Waals surface area contributed by atoms with E-state index >= 15 is 0 Å². The highest BCUT2D eigenvalue weighted by atomic mass is 16.5. The molecule has 3 aromatic rings. The van der Waals surface area contributed by atoms with E-state index in [-0.39, 0.29) is 6.10 Å². The minimum Gasteiger partial charge on any atom is -0.491 e. The van der Waals surface area contributed by atoms with Crippen LogP contribution in [0.3, 0.4) is 0 Å². The monoisotopic (exact) mass is 363 g/mol.